The van der Waals surface area contributed by atoms with E-state index in [1.807, 2.05) is 0 Å². The maximum Gasteiger partial charge on any atom is 0.277 e. The Kier molecular flexibility index (Phi) is 4.20. The van der Waals surface area contributed by atoms with Crippen molar-refractivity contribution in [3.05, 3.63) is 32.9 Å². The molecule has 0 fully saturated rings. The standard InChI is InChI=1S/C14H22BrN3O2Si/c1-14(2,3)21(5,6)20-9-12-16-18-8-10(15)7-11(18)13(19)17(12)4/h7-8H,9H2,1-6H3. The minimum Gasteiger partial charge on any atom is -0.409 e. The summed E-state index contributed by atoms with van der Waals surface area (Å²) in [4.78, 5) is 12.3. The van der Waals surface area contributed by atoms with Crippen LogP contribution in [0.15, 0.2) is 21.5 Å². The van der Waals surface area contributed by atoms with E-state index in [1.54, 1.807) is 28.4 Å². The number of aromatic nitrogens is 3. The first-order chi connectivity index (χ1) is 9.53. The van der Waals surface area contributed by atoms with Crippen molar-refractivity contribution in [2.24, 2.45) is 7.05 Å². The third-order valence-corrected chi connectivity index (χ3v) is 9.18. The average molecular weight is 372 g/mol. The van der Waals surface area contributed by atoms with Gasteiger partial charge in [0.2, 0.25) is 0 Å². The zero-order chi connectivity index (χ0) is 16.0. The smallest absolute Gasteiger partial charge is 0.277 e. The van der Waals surface area contributed by atoms with Gasteiger partial charge in [0.1, 0.15) is 5.52 Å². The fourth-order valence-electron chi connectivity index (χ4n) is 1.73. The van der Waals surface area contributed by atoms with Gasteiger partial charge in [-0.25, -0.2) is 4.52 Å². The third kappa shape index (κ3) is 3.14. The second-order valence-corrected chi connectivity index (χ2v) is 12.5. The molecule has 2 aromatic rings. The number of rotatable bonds is 3. The molecule has 0 aliphatic heterocycles. The van der Waals surface area contributed by atoms with Crippen LogP contribution in [0.2, 0.25) is 18.1 Å². The van der Waals surface area contributed by atoms with E-state index in [-0.39, 0.29) is 10.6 Å². The van der Waals surface area contributed by atoms with Gasteiger partial charge in [-0.2, -0.15) is 5.10 Å². The number of hydrogen-bond donors (Lipinski definition) is 0. The summed E-state index contributed by atoms with van der Waals surface area (Å²) >= 11 is 3.37. The van der Waals surface area contributed by atoms with E-state index in [0.29, 0.717) is 17.9 Å². The molecule has 2 aromatic heterocycles. The average Bonchev–Trinajstić information content (AvgIpc) is 2.71. The van der Waals surface area contributed by atoms with E-state index < -0.39 is 8.32 Å². The van der Waals surface area contributed by atoms with Gasteiger partial charge in [-0.1, -0.05) is 20.8 Å². The van der Waals surface area contributed by atoms with Crippen LogP contribution in [0.25, 0.3) is 5.52 Å². The van der Waals surface area contributed by atoms with Gasteiger partial charge in [0.15, 0.2) is 14.1 Å². The van der Waals surface area contributed by atoms with E-state index in [1.165, 1.54) is 0 Å². The van der Waals surface area contributed by atoms with Crippen LogP contribution in [0.5, 0.6) is 0 Å². The lowest BCUT2D eigenvalue weighted by molar-refractivity contribution is 0.259. The summed E-state index contributed by atoms with van der Waals surface area (Å²) in [6.45, 7) is 11.3. The lowest BCUT2D eigenvalue weighted by atomic mass is 10.2. The zero-order valence-corrected chi connectivity index (χ0v) is 16.0. The maximum absolute atomic E-state index is 12.3. The molecule has 0 unspecified atom stereocenters. The van der Waals surface area contributed by atoms with Crippen molar-refractivity contribution in [2.45, 2.75) is 45.5 Å². The molecule has 2 rings (SSSR count). The molecule has 0 aliphatic carbocycles. The molecule has 0 saturated heterocycles. The topological polar surface area (TPSA) is 48.5 Å². The van der Waals surface area contributed by atoms with Crippen molar-refractivity contribution >= 4 is 29.8 Å². The molecular weight excluding hydrogens is 350 g/mol. The van der Waals surface area contributed by atoms with Crippen LogP contribution in [0, 0.1) is 0 Å². The molecule has 0 aliphatic rings. The Morgan fingerprint density at radius 2 is 2.00 bits per heavy atom. The van der Waals surface area contributed by atoms with E-state index in [4.69, 9.17) is 4.43 Å². The van der Waals surface area contributed by atoms with Gasteiger partial charge >= 0.3 is 0 Å². The van der Waals surface area contributed by atoms with Crippen LogP contribution >= 0.6 is 15.9 Å². The summed E-state index contributed by atoms with van der Waals surface area (Å²) in [7, 11) is -0.128. The largest absolute Gasteiger partial charge is 0.409 e. The lowest BCUT2D eigenvalue weighted by Crippen LogP contribution is -2.41. The summed E-state index contributed by atoms with van der Waals surface area (Å²) in [5, 5.41) is 4.62. The van der Waals surface area contributed by atoms with Crippen LogP contribution in [0.3, 0.4) is 0 Å². The van der Waals surface area contributed by atoms with Gasteiger partial charge < -0.3 is 4.43 Å². The molecular formula is C14H22BrN3O2Si. The number of halogens is 1. The monoisotopic (exact) mass is 371 g/mol. The van der Waals surface area contributed by atoms with Crippen molar-refractivity contribution in [1.29, 1.82) is 0 Å². The third-order valence-electron chi connectivity index (χ3n) is 4.27. The highest BCUT2D eigenvalue weighted by Crippen LogP contribution is 2.36. The zero-order valence-electron chi connectivity index (χ0n) is 13.4. The number of hydrogen-bond acceptors (Lipinski definition) is 3. The highest BCUT2D eigenvalue weighted by Gasteiger charge is 2.37. The number of fused-ring (bicyclic) bond motifs is 1. The van der Waals surface area contributed by atoms with Gasteiger partial charge in [0, 0.05) is 17.7 Å². The van der Waals surface area contributed by atoms with Crippen molar-refractivity contribution in [2.75, 3.05) is 0 Å². The highest BCUT2D eigenvalue weighted by atomic mass is 79.9. The normalized spacial score (nSPS) is 13.1. The van der Waals surface area contributed by atoms with Crippen LogP contribution in [0.1, 0.15) is 26.6 Å². The fourth-order valence-corrected chi connectivity index (χ4v) is 3.06. The van der Waals surface area contributed by atoms with Crippen LogP contribution in [-0.2, 0) is 18.1 Å². The minimum absolute atomic E-state index is 0.0652. The van der Waals surface area contributed by atoms with Crippen molar-refractivity contribution in [3.63, 3.8) is 0 Å². The van der Waals surface area contributed by atoms with E-state index >= 15 is 0 Å². The summed E-state index contributed by atoms with van der Waals surface area (Å²) < 4.78 is 10.2. The molecule has 0 saturated carbocycles. The molecule has 0 bridgehead atoms. The Morgan fingerprint density at radius 1 is 1.38 bits per heavy atom. The second-order valence-electron chi connectivity index (χ2n) is 6.82. The molecule has 0 radical (unpaired) electrons. The van der Waals surface area contributed by atoms with Crippen LogP contribution in [-0.4, -0.2) is 22.5 Å². The van der Waals surface area contributed by atoms with Gasteiger partial charge in [-0.05, 0) is 40.1 Å². The predicted molar refractivity (Wildman–Crippen MR) is 90.1 cm³/mol. The van der Waals surface area contributed by atoms with E-state index in [2.05, 4.69) is 54.9 Å². The molecule has 2 heterocycles. The Hall–Kier alpha value is -0.923. The Bertz CT molecular complexity index is 728. The van der Waals surface area contributed by atoms with Gasteiger partial charge in [0.25, 0.3) is 5.56 Å². The SMILES string of the molecule is Cn1c(CO[Si](C)(C)C(C)(C)C)nn2cc(Br)cc2c1=O. The van der Waals surface area contributed by atoms with Crippen LogP contribution < -0.4 is 5.56 Å². The quantitative estimate of drug-likeness (QED) is 0.777. The first-order valence-electron chi connectivity index (χ1n) is 6.91. The molecule has 0 amide bonds. The molecule has 116 valence electrons. The van der Waals surface area contributed by atoms with E-state index in [9.17, 15) is 4.79 Å². The minimum atomic E-state index is -1.86. The Balaban J connectivity index is 2.35. The first-order valence-corrected chi connectivity index (χ1v) is 10.6. The maximum atomic E-state index is 12.3. The van der Waals surface area contributed by atoms with Crippen LogP contribution in [0.4, 0.5) is 0 Å². The van der Waals surface area contributed by atoms with Gasteiger partial charge in [0.05, 0.1) is 6.61 Å². The molecule has 7 heteroatoms. The summed E-state index contributed by atoms with van der Waals surface area (Å²) in [5.74, 6) is 0.639. The first kappa shape index (κ1) is 16.4. The second kappa shape index (κ2) is 5.37. The summed E-state index contributed by atoms with van der Waals surface area (Å²) in [6.07, 6.45) is 1.78. The summed E-state index contributed by atoms with van der Waals surface area (Å²) in [5.41, 5.74) is 0.491. The Labute approximate surface area is 134 Å². The lowest BCUT2D eigenvalue weighted by Gasteiger charge is -2.36. The van der Waals surface area contributed by atoms with Crippen molar-refractivity contribution < 1.29 is 4.43 Å². The van der Waals surface area contributed by atoms with Crippen molar-refractivity contribution in [1.82, 2.24) is 14.2 Å². The molecule has 0 atom stereocenters. The predicted octanol–water partition coefficient (Wildman–Crippen LogP) is 3.32. The number of nitrogens with zero attached hydrogens (tertiary/aromatic N) is 3. The van der Waals surface area contributed by atoms with Gasteiger partial charge in [-0.15, -0.1) is 0 Å². The molecule has 0 N–H and O–H groups in total. The van der Waals surface area contributed by atoms with E-state index in [0.717, 1.165) is 4.47 Å². The van der Waals surface area contributed by atoms with Gasteiger partial charge in [-0.3, -0.25) is 9.36 Å². The summed E-state index contributed by atoms with van der Waals surface area (Å²) in [6, 6.07) is 1.77. The highest BCUT2D eigenvalue weighted by molar-refractivity contribution is 9.10. The molecule has 5 nitrogen and oxygen atoms in total. The molecule has 21 heavy (non-hydrogen) atoms. The molecule has 0 aromatic carbocycles. The van der Waals surface area contributed by atoms with Crippen molar-refractivity contribution in [3.8, 4) is 0 Å². The molecule has 0 spiro atoms. The Morgan fingerprint density at radius 3 is 2.57 bits per heavy atom. The fraction of sp³-hybridized carbons (Fsp3) is 0.571.